The number of thiazole rings is 2. The van der Waals surface area contributed by atoms with Gasteiger partial charge in [0.05, 0.1) is 27.5 Å². The molecule has 8 heteroatoms. The molecule has 4 rings (SSSR count). The Morgan fingerprint density at radius 2 is 2.07 bits per heavy atom. The minimum Gasteiger partial charge on any atom is -0.497 e. The number of hydrogen-bond donors (Lipinski definition) is 0. The lowest BCUT2D eigenvalue weighted by Gasteiger charge is -2.04. The largest absolute Gasteiger partial charge is 0.497 e. The Hall–Kier alpha value is -2.16. The van der Waals surface area contributed by atoms with Crippen molar-refractivity contribution >= 4 is 60.8 Å². The number of fused-ring (bicyclic) bond motifs is 2. The van der Waals surface area contributed by atoms with Crippen LogP contribution in [0.4, 0.5) is 0 Å². The van der Waals surface area contributed by atoms with Gasteiger partial charge in [-0.1, -0.05) is 23.5 Å². The Labute approximate surface area is 168 Å². The van der Waals surface area contributed by atoms with Gasteiger partial charge in [0.25, 0.3) is 0 Å². The molecule has 0 bridgehead atoms. The van der Waals surface area contributed by atoms with E-state index in [2.05, 4.69) is 20.8 Å². The van der Waals surface area contributed by atoms with Gasteiger partial charge in [-0.15, -0.1) is 11.3 Å². The fourth-order valence-corrected chi connectivity index (χ4v) is 5.06. The molecule has 0 radical (unpaired) electrons. The quantitative estimate of drug-likeness (QED) is 0.484. The molecule has 0 fully saturated rings. The molecule has 5 nitrogen and oxygen atoms in total. The van der Waals surface area contributed by atoms with Gasteiger partial charge in [-0.2, -0.15) is 16.8 Å². The zero-order chi connectivity index (χ0) is 18.8. The molecule has 0 spiro atoms. The Balaban J connectivity index is 1.81. The summed E-state index contributed by atoms with van der Waals surface area (Å²) in [7, 11) is 1.65. The van der Waals surface area contributed by atoms with Crippen molar-refractivity contribution in [3.63, 3.8) is 0 Å². The van der Waals surface area contributed by atoms with E-state index in [0.29, 0.717) is 9.81 Å². The predicted molar refractivity (Wildman–Crippen MR) is 114 cm³/mol. The Kier molecular flexibility index (Phi) is 5.29. The topological polar surface area (TPSA) is 56.5 Å². The van der Waals surface area contributed by atoms with E-state index in [0.717, 1.165) is 38.5 Å². The van der Waals surface area contributed by atoms with E-state index in [4.69, 9.17) is 4.74 Å². The van der Waals surface area contributed by atoms with Gasteiger partial charge in [0.1, 0.15) is 5.75 Å². The summed E-state index contributed by atoms with van der Waals surface area (Å²) in [5.41, 5.74) is 1.89. The first-order valence-electron chi connectivity index (χ1n) is 8.30. The number of benzene rings is 2. The Morgan fingerprint density at radius 3 is 2.85 bits per heavy atom. The summed E-state index contributed by atoms with van der Waals surface area (Å²) in [6.45, 7) is 0.791. The van der Waals surface area contributed by atoms with Crippen molar-refractivity contribution in [1.82, 2.24) is 9.55 Å². The number of thioether (sulfide) groups is 1. The molecule has 0 aliphatic carbocycles. The number of aryl methyl sites for hydroxylation is 1. The van der Waals surface area contributed by atoms with Crippen molar-refractivity contribution in [3.8, 4) is 5.75 Å². The van der Waals surface area contributed by atoms with E-state index in [-0.39, 0.29) is 5.91 Å². The van der Waals surface area contributed by atoms with Crippen LogP contribution in [-0.2, 0) is 6.54 Å². The lowest BCUT2D eigenvalue weighted by atomic mass is 10.3. The molecule has 0 atom stereocenters. The molecule has 0 aliphatic rings. The van der Waals surface area contributed by atoms with Crippen molar-refractivity contribution in [2.24, 2.45) is 4.99 Å². The van der Waals surface area contributed by atoms with Crippen molar-refractivity contribution < 1.29 is 9.53 Å². The first-order chi connectivity index (χ1) is 13.2. The summed E-state index contributed by atoms with van der Waals surface area (Å²) in [5.74, 6) is 1.44. The van der Waals surface area contributed by atoms with Gasteiger partial charge < -0.3 is 9.30 Å². The molecule has 1 amide bonds. The van der Waals surface area contributed by atoms with Gasteiger partial charge >= 0.3 is 5.91 Å². The average Bonchev–Trinajstić information content (AvgIpc) is 3.27. The van der Waals surface area contributed by atoms with E-state index in [1.807, 2.05) is 42.5 Å². The van der Waals surface area contributed by atoms with Gasteiger partial charge in [0.2, 0.25) is 0 Å². The van der Waals surface area contributed by atoms with Crippen LogP contribution in [0.15, 0.2) is 47.5 Å². The molecule has 0 N–H and O–H groups in total. The molecule has 27 heavy (non-hydrogen) atoms. The molecule has 0 saturated carbocycles. The number of ether oxygens (including phenoxy) is 1. The van der Waals surface area contributed by atoms with Crippen molar-refractivity contribution in [1.29, 1.82) is 0 Å². The zero-order valence-corrected chi connectivity index (χ0v) is 17.3. The Bertz CT molecular complexity index is 1160. The fourth-order valence-electron chi connectivity index (χ4n) is 2.76. The molecule has 2 aromatic heterocycles. The van der Waals surface area contributed by atoms with Gasteiger partial charge in [-0.25, -0.2) is 4.98 Å². The smallest absolute Gasteiger partial charge is 0.308 e. The number of nitrogens with zero attached hydrogens (tertiary/aromatic N) is 3. The number of hydrogen-bond acceptors (Lipinski definition) is 6. The number of carbonyl (C=O) groups is 1. The molecule has 138 valence electrons. The first-order valence-corrected chi connectivity index (χ1v) is 11.3. The number of carbonyl (C=O) groups excluding carboxylic acids is 1. The number of rotatable bonds is 5. The lowest BCUT2D eigenvalue weighted by molar-refractivity contribution is 0.0997. The highest BCUT2D eigenvalue weighted by Gasteiger charge is 2.13. The third-order valence-electron chi connectivity index (χ3n) is 4.08. The summed E-state index contributed by atoms with van der Waals surface area (Å²) in [6.07, 6.45) is 2.07. The van der Waals surface area contributed by atoms with Crippen LogP contribution in [0.25, 0.3) is 20.4 Å². The third-order valence-corrected chi connectivity index (χ3v) is 6.74. The van der Waals surface area contributed by atoms with Gasteiger partial charge in [-0.05, 0) is 36.6 Å². The molecule has 0 aliphatic heterocycles. The standard InChI is InChI=1S/C19H17N3O2S3/c1-24-12-7-8-14-16(11-12)27-19(22(14)9-10-25-2)21-17(23)18-20-13-5-3-4-6-15(13)26-18/h3-8,11H,9-10H2,1-2H3. The summed E-state index contributed by atoms with van der Waals surface area (Å²) in [4.78, 5) is 22.3. The van der Waals surface area contributed by atoms with E-state index in [1.165, 1.54) is 22.7 Å². The molecular weight excluding hydrogens is 398 g/mol. The summed E-state index contributed by atoms with van der Waals surface area (Å²) >= 11 is 4.64. The van der Waals surface area contributed by atoms with Crippen molar-refractivity contribution in [3.05, 3.63) is 52.3 Å². The van der Waals surface area contributed by atoms with Gasteiger partial charge in [-0.3, -0.25) is 4.79 Å². The monoisotopic (exact) mass is 415 g/mol. The lowest BCUT2D eigenvalue weighted by Crippen LogP contribution is -2.18. The van der Waals surface area contributed by atoms with E-state index in [9.17, 15) is 4.79 Å². The maximum Gasteiger partial charge on any atom is 0.308 e. The molecule has 2 heterocycles. The molecule has 0 unspecified atom stereocenters. The molecular formula is C19H17N3O2S3. The highest BCUT2D eigenvalue weighted by atomic mass is 32.2. The van der Waals surface area contributed by atoms with Crippen LogP contribution in [0.1, 0.15) is 9.80 Å². The first kappa shape index (κ1) is 18.2. The zero-order valence-electron chi connectivity index (χ0n) is 14.8. The van der Waals surface area contributed by atoms with E-state index < -0.39 is 0 Å². The number of aromatic nitrogens is 2. The van der Waals surface area contributed by atoms with Gasteiger partial charge in [0.15, 0.2) is 9.81 Å². The number of methoxy groups -OCH3 is 1. The minimum atomic E-state index is -0.298. The average molecular weight is 416 g/mol. The molecule has 4 aromatic rings. The fraction of sp³-hybridized carbons (Fsp3) is 0.211. The van der Waals surface area contributed by atoms with E-state index >= 15 is 0 Å². The Morgan fingerprint density at radius 1 is 1.22 bits per heavy atom. The second-order valence-electron chi connectivity index (χ2n) is 5.77. The second-order valence-corrected chi connectivity index (χ2v) is 8.79. The van der Waals surface area contributed by atoms with Crippen LogP contribution < -0.4 is 9.54 Å². The van der Waals surface area contributed by atoms with Gasteiger partial charge in [0, 0.05) is 12.3 Å². The maximum atomic E-state index is 12.8. The van der Waals surface area contributed by atoms with Crippen LogP contribution in [-0.4, -0.2) is 34.6 Å². The maximum absolute atomic E-state index is 12.8. The van der Waals surface area contributed by atoms with E-state index in [1.54, 1.807) is 18.9 Å². The number of para-hydroxylation sites is 1. The van der Waals surface area contributed by atoms with Crippen LogP contribution >= 0.6 is 34.4 Å². The SMILES string of the molecule is COc1ccc2c(c1)sc(=NC(=O)c1nc3ccccc3s1)n2CCSC. The van der Waals surface area contributed by atoms with Crippen molar-refractivity contribution in [2.45, 2.75) is 6.54 Å². The summed E-state index contributed by atoms with van der Waals surface area (Å²) < 4.78 is 9.46. The highest BCUT2D eigenvalue weighted by molar-refractivity contribution is 7.98. The predicted octanol–water partition coefficient (Wildman–Crippen LogP) is 4.43. The normalized spacial score (nSPS) is 12.1. The summed E-state index contributed by atoms with van der Waals surface area (Å²) in [6, 6.07) is 13.7. The molecule has 2 aromatic carbocycles. The highest BCUT2D eigenvalue weighted by Crippen LogP contribution is 2.24. The number of amides is 1. The van der Waals surface area contributed by atoms with Crippen molar-refractivity contribution in [2.75, 3.05) is 19.1 Å². The van der Waals surface area contributed by atoms with Crippen LogP contribution in [0.2, 0.25) is 0 Å². The third kappa shape index (κ3) is 3.65. The summed E-state index contributed by atoms with van der Waals surface area (Å²) in [5, 5.41) is 0.419. The second kappa shape index (κ2) is 7.84. The van der Waals surface area contributed by atoms with Crippen LogP contribution in [0.5, 0.6) is 5.75 Å². The minimum absolute atomic E-state index is 0.298. The van der Waals surface area contributed by atoms with Crippen LogP contribution in [0.3, 0.4) is 0 Å². The molecule has 0 saturated heterocycles. The van der Waals surface area contributed by atoms with Crippen LogP contribution in [0, 0.1) is 0 Å².